The second-order valence-corrected chi connectivity index (χ2v) is 6.26. The quantitative estimate of drug-likeness (QED) is 0.627. The van der Waals surface area contributed by atoms with Gasteiger partial charge in [-0.2, -0.15) is 10.1 Å². The van der Waals surface area contributed by atoms with Crippen molar-refractivity contribution in [2.75, 3.05) is 12.1 Å². The topological polar surface area (TPSA) is 59.0 Å². The summed E-state index contributed by atoms with van der Waals surface area (Å²) >= 11 is 0. The number of methoxy groups -OCH3 is 1. The van der Waals surface area contributed by atoms with Crippen molar-refractivity contribution in [2.45, 2.75) is 20.3 Å². The van der Waals surface area contributed by atoms with E-state index in [0.29, 0.717) is 5.71 Å². The Labute approximate surface area is 151 Å². The standard InChI is InChI=1S/C20H19FN2O3/c1-12-7-8-14(9-13(12)2)18-11-17(20(25)26-3)19(24)23(22-18)16-6-4-5-15(21)10-16/h4-10,17H,11H2,1-3H3. The number of ether oxygens (including phenoxy) is 1. The van der Waals surface area contributed by atoms with Crippen molar-refractivity contribution in [1.82, 2.24) is 0 Å². The fourth-order valence-electron chi connectivity index (χ4n) is 2.85. The molecule has 2 aromatic rings. The number of carbonyl (C=O) groups excluding carboxylic acids is 2. The largest absolute Gasteiger partial charge is 0.468 e. The maximum Gasteiger partial charge on any atom is 0.318 e. The molecule has 5 nitrogen and oxygen atoms in total. The number of hydrogen-bond donors (Lipinski definition) is 0. The normalized spacial score (nSPS) is 17.1. The van der Waals surface area contributed by atoms with E-state index in [1.807, 2.05) is 32.0 Å². The second kappa shape index (κ2) is 7.07. The number of anilines is 1. The van der Waals surface area contributed by atoms with Gasteiger partial charge in [-0.1, -0.05) is 18.2 Å². The lowest BCUT2D eigenvalue weighted by molar-refractivity contribution is -0.149. The summed E-state index contributed by atoms with van der Waals surface area (Å²) in [6.07, 6.45) is 0.139. The van der Waals surface area contributed by atoms with Gasteiger partial charge in [-0.05, 0) is 54.8 Å². The van der Waals surface area contributed by atoms with Crippen molar-refractivity contribution < 1.29 is 18.7 Å². The zero-order chi connectivity index (χ0) is 18.8. The van der Waals surface area contributed by atoms with E-state index < -0.39 is 23.6 Å². The zero-order valence-corrected chi connectivity index (χ0v) is 14.8. The van der Waals surface area contributed by atoms with Crippen molar-refractivity contribution in [3.63, 3.8) is 0 Å². The molecule has 1 aliphatic heterocycles. The minimum Gasteiger partial charge on any atom is -0.468 e. The third kappa shape index (κ3) is 3.35. The van der Waals surface area contributed by atoms with Crippen molar-refractivity contribution in [3.05, 3.63) is 65.0 Å². The van der Waals surface area contributed by atoms with E-state index in [1.54, 1.807) is 6.07 Å². The smallest absolute Gasteiger partial charge is 0.318 e. The Bertz CT molecular complexity index is 908. The Kier molecular flexibility index (Phi) is 4.84. The molecule has 6 heteroatoms. The number of nitrogens with zero attached hydrogens (tertiary/aromatic N) is 2. The summed E-state index contributed by atoms with van der Waals surface area (Å²) in [6, 6.07) is 11.4. The summed E-state index contributed by atoms with van der Waals surface area (Å²) in [5.74, 6) is -2.67. The number of amides is 1. The van der Waals surface area contributed by atoms with E-state index in [-0.39, 0.29) is 12.1 Å². The predicted molar refractivity (Wildman–Crippen MR) is 96.5 cm³/mol. The fourth-order valence-corrected chi connectivity index (χ4v) is 2.85. The second-order valence-electron chi connectivity index (χ2n) is 6.26. The average molecular weight is 354 g/mol. The Morgan fingerprint density at radius 2 is 1.96 bits per heavy atom. The summed E-state index contributed by atoms with van der Waals surface area (Å²) in [4.78, 5) is 24.9. The molecule has 0 aliphatic carbocycles. The molecule has 0 fully saturated rings. The van der Waals surface area contributed by atoms with E-state index in [9.17, 15) is 14.0 Å². The van der Waals surface area contributed by atoms with Gasteiger partial charge in [-0.15, -0.1) is 0 Å². The SMILES string of the molecule is COC(=O)C1CC(c2ccc(C)c(C)c2)=NN(c2cccc(F)c2)C1=O. The predicted octanol–water partition coefficient (Wildman–Crippen LogP) is 3.37. The van der Waals surface area contributed by atoms with Gasteiger partial charge in [0.1, 0.15) is 11.7 Å². The highest BCUT2D eigenvalue weighted by atomic mass is 19.1. The molecule has 0 saturated heterocycles. The molecular weight excluding hydrogens is 335 g/mol. The van der Waals surface area contributed by atoms with Crippen LogP contribution < -0.4 is 5.01 Å². The number of aryl methyl sites for hydroxylation is 2. The van der Waals surface area contributed by atoms with Crippen LogP contribution in [0.1, 0.15) is 23.1 Å². The van der Waals surface area contributed by atoms with Crippen LogP contribution in [0.3, 0.4) is 0 Å². The first-order chi connectivity index (χ1) is 12.4. The number of hydrogen-bond acceptors (Lipinski definition) is 4. The van der Waals surface area contributed by atoms with Gasteiger partial charge in [0.2, 0.25) is 0 Å². The first-order valence-corrected chi connectivity index (χ1v) is 8.23. The van der Waals surface area contributed by atoms with Gasteiger partial charge in [0, 0.05) is 6.42 Å². The maximum absolute atomic E-state index is 13.6. The summed E-state index contributed by atoms with van der Waals surface area (Å²) in [5, 5.41) is 5.49. The Hall–Kier alpha value is -3.02. The molecule has 0 N–H and O–H groups in total. The summed E-state index contributed by atoms with van der Waals surface area (Å²) in [6.45, 7) is 3.98. The minimum atomic E-state index is -1.02. The van der Waals surface area contributed by atoms with Crippen LogP contribution in [-0.2, 0) is 14.3 Å². The molecule has 26 heavy (non-hydrogen) atoms. The molecule has 0 spiro atoms. The van der Waals surface area contributed by atoms with Crippen molar-refractivity contribution in [2.24, 2.45) is 11.0 Å². The Balaban J connectivity index is 2.09. The van der Waals surface area contributed by atoms with Gasteiger partial charge in [0.25, 0.3) is 5.91 Å². The summed E-state index contributed by atoms with van der Waals surface area (Å²) < 4.78 is 18.4. The molecule has 1 unspecified atom stereocenters. The number of carbonyl (C=O) groups is 2. The molecule has 0 radical (unpaired) electrons. The van der Waals surface area contributed by atoms with E-state index in [1.165, 1.54) is 25.3 Å². The highest BCUT2D eigenvalue weighted by Crippen LogP contribution is 2.27. The molecule has 134 valence electrons. The van der Waals surface area contributed by atoms with Gasteiger partial charge in [-0.3, -0.25) is 9.59 Å². The van der Waals surface area contributed by atoms with E-state index in [2.05, 4.69) is 5.10 Å². The molecular formula is C20H19FN2O3. The molecule has 0 aromatic heterocycles. The van der Waals surface area contributed by atoms with Crippen LogP contribution in [-0.4, -0.2) is 24.7 Å². The lowest BCUT2D eigenvalue weighted by Crippen LogP contribution is -2.43. The molecule has 2 aromatic carbocycles. The third-order valence-corrected chi connectivity index (χ3v) is 4.50. The van der Waals surface area contributed by atoms with Gasteiger partial charge in [0.15, 0.2) is 0 Å². The van der Waals surface area contributed by atoms with Crippen molar-refractivity contribution >= 4 is 23.3 Å². The zero-order valence-electron chi connectivity index (χ0n) is 14.8. The molecule has 0 bridgehead atoms. The molecule has 1 aliphatic rings. The van der Waals surface area contributed by atoms with E-state index in [4.69, 9.17) is 4.74 Å². The van der Waals surface area contributed by atoms with Gasteiger partial charge in [-0.25, -0.2) is 4.39 Å². The third-order valence-electron chi connectivity index (χ3n) is 4.50. The van der Waals surface area contributed by atoms with Crippen LogP contribution in [0.25, 0.3) is 0 Å². The van der Waals surface area contributed by atoms with Gasteiger partial charge >= 0.3 is 5.97 Å². The van der Waals surface area contributed by atoms with Crippen LogP contribution in [0, 0.1) is 25.6 Å². The molecule has 3 rings (SSSR count). The van der Waals surface area contributed by atoms with Crippen LogP contribution in [0.5, 0.6) is 0 Å². The average Bonchev–Trinajstić information content (AvgIpc) is 2.63. The van der Waals surface area contributed by atoms with Crippen molar-refractivity contribution in [3.8, 4) is 0 Å². The van der Waals surface area contributed by atoms with E-state index in [0.717, 1.165) is 21.7 Å². The fraction of sp³-hybridized carbons (Fsp3) is 0.250. The van der Waals surface area contributed by atoms with Gasteiger partial charge < -0.3 is 4.74 Å². The monoisotopic (exact) mass is 354 g/mol. The highest BCUT2D eigenvalue weighted by molar-refractivity contribution is 6.15. The number of rotatable bonds is 3. The first-order valence-electron chi connectivity index (χ1n) is 8.23. The summed E-state index contributed by atoms with van der Waals surface area (Å²) in [5.41, 5.74) is 3.87. The highest BCUT2D eigenvalue weighted by Gasteiger charge is 2.38. The van der Waals surface area contributed by atoms with Crippen LogP contribution in [0.15, 0.2) is 47.6 Å². The Morgan fingerprint density at radius 1 is 1.19 bits per heavy atom. The van der Waals surface area contributed by atoms with E-state index >= 15 is 0 Å². The number of benzene rings is 2. The van der Waals surface area contributed by atoms with Gasteiger partial charge in [0.05, 0.1) is 18.5 Å². The number of esters is 1. The minimum absolute atomic E-state index is 0.139. The first kappa shape index (κ1) is 17.8. The Morgan fingerprint density at radius 3 is 2.62 bits per heavy atom. The van der Waals surface area contributed by atoms with Crippen LogP contribution in [0.4, 0.5) is 10.1 Å². The van der Waals surface area contributed by atoms with Crippen LogP contribution in [0.2, 0.25) is 0 Å². The van der Waals surface area contributed by atoms with Crippen molar-refractivity contribution in [1.29, 1.82) is 0 Å². The molecule has 1 heterocycles. The maximum atomic E-state index is 13.6. The van der Waals surface area contributed by atoms with Crippen LogP contribution >= 0.6 is 0 Å². The lowest BCUT2D eigenvalue weighted by Gasteiger charge is -2.28. The molecule has 0 saturated carbocycles. The molecule has 1 amide bonds. The number of halogens is 1. The summed E-state index contributed by atoms with van der Waals surface area (Å²) in [7, 11) is 1.24. The molecule has 1 atom stereocenters. The lowest BCUT2D eigenvalue weighted by atomic mass is 9.93. The number of hydrazone groups is 1.